The van der Waals surface area contributed by atoms with Crippen LogP contribution in [0.5, 0.6) is 0 Å². The van der Waals surface area contributed by atoms with Crippen LogP contribution < -0.4 is 17.2 Å². The summed E-state index contributed by atoms with van der Waals surface area (Å²) in [7, 11) is 0. The van der Waals surface area contributed by atoms with Gasteiger partial charge in [-0.05, 0) is 18.4 Å². The molecule has 10 N–H and O–H groups in total. The van der Waals surface area contributed by atoms with E-state index in [-0.39, 0.29) is 12.2 Å². The monoisotopic (exact) mass is 425 g/mol. The fourth-order valence-corrected chi connectivity index (χ4v) is 1.81. The molecule has 0 spiro atoms. The van der Waals surface area contributed by atoms with E-state index in [9.17, 15) is 14.4 Å². The van der Waals surface area contributed by atoms with E-state index in [4.69, 9.17) is 32.5 Å². The van der Waals surface area contributed by atoms with Gasteiger partial charge in [0.1, 0.15) is 18.1 Å². The van der Waals surface area contributed by atoms with Crippen LogP contribution in [0.15, 0.2) is 12.5 Å². The lowest BCUT2D eigenvalue weighted by atomic mass is 10.2. The number of carboxylic acids is 3. The predicted molar refractivity (Wildman–Crippen MR) is 106 cm³/mol. The van der Waals surface area contributed by atoms with Gasteiger partial charge in [0.2, 0.25) is 0 Å². The van der Waals surface area contributed by atoms with Gasteiger partial charge in [-0.3, -0.25) is 14.4 Å². The Bertz CT molecular complexity index is 546. The first-order chi connectivity index (χ1) is 12.6. The van der Waals surface area contributed by atoms with E-state index in [1.165, 1.54) is 6.33 Å². The first kappa shape index (κ1) is 27.4. The molecule has 3 unspecified atom stereocenters. The summed E-state index contributed by atoms with van der Waals surface area (Å²) in [5.41, 5.74) is 16.1. The quantitative estimate of drug-likeness (QED) is 0.221. The molecule has 156 valence electrons. The molecule has 0 bridgehead atoms. The third kappa shape index (κ3) is 16.1. The van der Waals surface area contributed by atoms with Crippen molar-refractivity contribution in [3.8, 4) is 0 Å². The van der Waals surface area contributed by atoms with Gasteiger partial charge >= 0.3 is 17.9 Å². The second kappa shape index (κ2) is 16.4. The van der Waals surface area contributed by atoms with E-state index in [1.807, 2.05) is 6.26 Å². The Morgan fingerprint density at radius 2 is 1.63 bits per heavy atom. The number of nitrogens with two attached hydrogens (primary N) is 3. The summed E-state index contributed by atoms with van der Waals surface area (Å²) < 4.78 is 0. The predicted octanol–water partition coefficient (Wildman–Crippen LogP) is -1.16. The van der Waals surface area contributed by atoms with Gasteiger partial charge in [-0.1, -0.05) is 0 Å². The highest BCUT2D eigenvalue weighted by Gasteiger charge is 2.12. The summed E-state index contributed by atoms with van der Waals surface area (Å²) in [5.74, 6) is -1.92. The molecule has 3 atom stereocenters. The first-order valence-corrected chi connectivity index (χ1v) is 9.61. The number of nitrogens with zero attached hydrogens (tertiary/aromatic N) is 1. The summed E-state index contributed by atoms with van der Waals surface area (Å²) in [4.78, 5) is 36.6. The lowest BCUT2D eigenvalue weighted by Gasteiger charge is -2.02. The van der Waals surface area contributed by atoms with Gasteiger partial charge < -0.3 is 37.5 Å². The number of hydrogen-bond acceptors (Lipinski definition) is 9. The van der Waals surface area contributed by atoms with Crippen LogP contribution in [-0.4, -0.2) is 79.1 Å². The second-order valence-corrected chi connectivity index (χ2v) is 6.41. The van der Waals surface area contributed by atoms with E-state index in [0.29, 0.717) is 12.1 Å². The molecule has 27 heavy (non-hydrogen) atoms. The number of rotatable bonds is 9. The van der Waals surface area contributed by atoms with Gasteiger partial charge in [-0.2, -0.15) is 24.4 Å². The molecule has 0 aliphatic heterocycles. The van der Waals surface area contributed by atoms with Crippen molar-refractivity contribution < 1.29 is 29.7 Å². The van der Waals surface area contributed by atoms with E-state index in [2.05, 4.69) is 22.6 Å². The minimum absolute atomic E-state index is 0.190. The first-order valence-electron chi connectivity index (χ1n) is 7.59. The minimum Gasteiger partial charge on any atom is -0.480 e. The normalized spacial score (nSPS) is 13.1. The molecule has 0 saturated carbocycles. The fraction of sp³-hybridized carbons (Fsp3) is 0.571. The van der Waals surface area contributed by atoms with Crippen molar-refractivity contribution in [2.75, 3.05) is 17.8 Å². The number of H-pyrrole nitrogens is 1. The van der Waals surface area contributed by atoms with Crippen molar-refractivity contribution in [3.63, 3.8) is 0 Å². The molecular formula is C14H27N5O6S2. The maximum absolute atomic E-state index is 10.3. The van der Waals surface area contributed by atoms with Gasteiger partial charge in [-0.15, -0.1) is 0 Å². The molecule has 1 rings (SSSR count). The van der Waals surface area contributed by atoms with Gasteiger partial charge in [0.25, 0.3) is 0 Å². The van der Waals surface area contributed by atoms with Crippen LogP contribution in [-0.2, 0) is 20.8 Å². The lowest BCUT2D eigenvalue weighted by Crippen LogP contribution is -2.32. The maximum Gasteiger partial charge on any atom is 0.321 e. The highest BCUT2D eigenvalue weighted by molar-refractivity contribution is 7.98. The Labute approximate surface area is 166 Å². The zero-order valence-electron chi connectivity index (χ0n) is 14.8. The standard InChI is InChI=1S/C6H9N3O2.C5H11NO2S.C3H7NO2S/c7-5(6(10)11)1-4-2-8-3-9-4;1-9-3-2-4(6)5(7)8;4-2(1-7)3(5)6/h2-3,5H,1,7H2,(H,8,9)(H,10,11);4H,2-3,6H2,1H3,(H,7,8);2,7H,1,4H2,(H,5,6). The number of carbonyl (C=O) groups is 3. The molecule has 0 amide bonds. The number of thiol groups is 1. The number of aromatic nitrogens is 2. The fourth-order valence-electron chi connectivity index (χ4n) is 1.16. The average Bonchev–Trinajstić information content (AvgIpc) is 3.12. The molecule has 0 radical (unpaired) electrons. The Balaban J connectivity index is 0. The SMILES string of the molecule is CSCCC(N)C(=O)O.NC(CS)C(=O)O.NC(Cc1c[nH]cn1)C(=O)O. The largest absolute Gasteiger partial charge is 0.480 e. The number of hydrogen-bond donors (Lipinski definition) is 8. The highest BCUT2D eigenvalue weighted by atomic mass is 32.2. The van der Waals surface area contributed by atoms with Crippen molar-refractivity contribution in [2.24, 2.45) is 17.2 Å². The van der Waals surface area contributed by atoms with Crippen LogP contribution in [0.25, 0.3) is 0 Å². The van der Waals surface area contributed by atoms with E-state index < -0.39 is 36.0 Å². The molecule has 0 aliphatic rings. The third-order valence-corrected chi connectivity index (χ3v) is 3.80. The molecule has 0 aliphatic carbocycles. The number of thioether (sulfide) groups is 1. The van der Waals surface area contributed by atoms with Crippen LogP contribution in [0.4, 0.5) is 0 Å². The van der Waals surface area contributed by atoms with E-state index in [1.54, 1.807) is 18.0 Å². The number of aliphatic carboxylic acids is 3. The zero-order valence-corrected chi connectivity index (χ0v) is 16.5. The van der Waals surface area contributed by atoms with Crippen molar-refractivity contribution in [1.29, 1.82) is 0 Å². The van der Waals surface area contributed by atoms with E-state index >= 15 is 0 Å². The Hall–Kier alpha value is -1.80. The van der Waals surface area contributed by atoms with Gasteiger partial charge in [0.05, 0.1) is 12.0 Å². The summed E-state index contributed by atoms with van der Waals surface area (Å²) in [6.07, 6.45) is 5.86. The number of nitrogens with one attached hydrogen (secondary N) is 1. The minimum atomic E-state index is -1.01. The van der Waals surface area contributed by atoms with Crippen LogP contribution in [0, 0.1) is 0 Å². The van der Waals surface area contributed by atoms with Crippen LogP contribution >= 0.6 is 24.4 Å². The van der Waals surface area contributed by atoms with Crippen molar-refractivity contribution in [2.45, 2.75) is 31.0 Å². The topological polar surface area (TPSA) is 219 Å². The smallest absolute Gasteiger partial charge is 0.321 e. The van der Waals surface area contributed by atoms with Crippen LogP contribution in [0.1, 0.15) is 12.1 Å². The van der Waals surface area contributed by atoms with E-state index in [0.717, 1.165) is 5.75 Å². The number of carboxylic acid groups (broad SMARTS) is 3. The van der Waals surface area contributed by atoms with Crippen LogP contribution in [0.2, 0.25) is 0 Å². The van der Waals surface area contributed by atoms with Gasteiger partial charge in [-0.25, -0.2) is 4.98 Å². The van der Waals surface area contributed by atoms with Gasteiger partial charge in [0.15, 0.2) is 0 Å². The molecule has 0 fully saturated rings. The Morgan fingerprint density at radius 3 is 1.93 bits per heavy atom. The summed E-state index contributed by atoms with van der Waals surface area (Å²) >= 11 is 5.25. The summed E-state index contributed by atoms with van der Waals surface area (Å²) in [6, 6.07) is -2.36. The summed E-state index contributed by atoms with van der Waals surface area (Å²) in [6.45, 7) is 0. The molecule has 13 heteroatoms. The molecule has 0 aromatic carbocycles. The lowest BCUT2D eigenvalue weighted by molar-refractivity contribution is -0.139. The van der Waals surface area contributed by atoms with Crippen molar-refractivity contribution in [3.05, 3.63) is 18.2 Å². The molecule has 1 aromatic rings. The van der Waals surface area contributed by atoms with Gasteiger partial charge in [0, 0.05) is 18.4 Å². The van der Waals surface area contributed by atoms with Crippen molar-refractivity contribution in [1.82, 2.24) is 9.97 Å². The number of aromatic amines is 1. The van der Waals surface area contributed by atoms with Crippen LogP contribution in [0.3, 0.4) is 0 Å². The third-order valence-electron chi connectivity index (χ3n) is 2.77. The maximum atomic E-state index is 10.3. The molecule has 11 nitrogen and oxygen atoms in total. The Kier molecular flexibility index (Phi) is 16.6. The summed E-state index contributed by atoms with van der Waals surface area (Å²) in [5, 5.41) is 24.7. The number of imidazole rings is 1. The molecule has 1 heterocycles. The molecule has 0 saturated heterocycles. The zero-order chi connectivity index (χ0) is 21.4. The second-order valence-electron chi connectivity index (χ2n) is 5.06. The van der Waals surface area contributed by atoms with Crippen molar-refractivity contribution >= 4 is 42.3 Å². The molecule has 1 aromatic heterocycles. The highest BCUT2D eigenvalue weighted by Crippen LogP contribution is 1.98. The molecular weight excluding hydrogens is 398 g/mol. The Morgan fingerprint density at radius 1 is 1.11 bits per heavy atom. The average molecular weight is 426 g/mol.